The zero-order chi connectivity index (χ0) is 13.3. The number of aromatic nitrogens is 2. The number of anilines is 1. The Morgan fingerprint density at radius 3 is 2.67 bits per heavy atom. The van der Waals surface area contributed by atoms with Crippen molar-refractivity contribution >= 4 is 37.8 Å². The average Bonchev–Trinajstić information content (AvgIpc) is 2.30. The Labute approximate surface area is 117 Å². The number of nitrogen functional groups attached to an aromatic ring is 1. The minimum atomic E-state index is -1.11. The van der Waals surface area contributed by atoms with E-state index < -0.39 is 11.6 Å². The van der Waals surface area contributed by atoms with E-state index in [-0.39, 0.29) is 17.6 Å². The normalized spacial score (nSPS) is 10.4. The topological polar surface area (TPSA) is 61.0 Å². The quantitative estimate of drug-likeness (QED) is 0.807. The first kappa shape index (κ1) is 13.2. The molecule has 2 rings (SSSR count). The number of nitrogens with two attached hydrogens (primary N) is 1. The van der Waals surface area contributed by atoms with Crippen LogP contribution in [0, 0.1) is 11.6 Å². The van der Waals surface area contributed by atoms with Gasteiger partial charge in [0, 0.05) is 4.47 Å². The third-order valence-electron chi connectivity index (χ3n) is 1.90. The summed E-state index contributed by atoms with van der Waals surface area (Å²) < 4.78 is 32.5. The van der Waals surface area contributed by atoms with Gasteiger partial charge in [0.1, 0.15) is 0 Å². The summed E-state index contributed by atoms with van der Waals surface area (Å²) in [5.74, 6) is -2.48. The number of hydrogen-bond acceptors (Lipinski definition) is 4. The molecule has 0 bridgehead atoms. The van der Waals surface area contributed by atoms with Crippen LogP contribution in [-0.2, 0) is 0 Å². The lowest BCUT2D eigenvalue weighted by Crippen LogP contribution is -1.99. The Kier molecular flexibility index (Phi) is 3.76. The summed E-state index contributed by atoms with van der Waals surface area (Å²) in [7, 11) is 0. The Morgan fingerprint density at radius 2 is 1.94 bits per heavy atom. The van der Waals surface area contributed by atoms with Gasteiger partial charge >= 0.3 is 0 Å². The Hall–Kier alpha value is -1.28. The molecule has 0 aliphatic rings. The fourth-order valence-corrected chi connectivity index (χ4v) is 1.83. The third kappa shape index (κ3) is 2.75. The van der Waals surface area contributed by atoms with Crippen molar-refractivity contribution < 1.29 is 13.5 Å². The number of hydrogen-bond donors (Lipinski definition) is 1. The van der Waals surface area contributed by atoms with E-state index in [9.17, 15) is 8.78 Å². The van der Waals surface area contributed by atoms with Gasteiger partial charge in [-0.3, -0.25) is 0 Å². The molecule has 0 unspecified atom stereocenters. The van der Waals surface area contributed by atoms with E-state index in [4.69, 9.17) is 10.5 Å². The van der Waals surface area contributed by atoms with Crippen molar-refractivity contribution in [2.75, 3.05) is 5.73 Å². The van der Waals surface area contributed by atoms with Crippen molar-refractivity contribution in [1.29, 1.82) is 0 Å². The predicted octanol–water partition coefficient (Wildman–Crippen LogP) is 3.65. The maximum atomic E-state index is 13.5. The number of ether oxygens (including phenoxy) is 1. The van der Waals surface area contributed by atoms with Gasteiger partial charge in [-0.2, -0.15) is 9.37 Å². The Morgan fingerprint density at radius 1 is 1.22 bits per heavy atom. The molecule has 18 heavy (non-hydrogen) atoms. The lowest BCUT2D eigenvalue weighted by Gasteiger charge is -2.08. The SMILES string of the molecule is Nc1ncc(Br)c(Oc2cc(Br)cc(F)c2F)n1. The summed E-state index contributed by atoms with van der Waals surface area (Å²) in [6.45, 7) is 0. The molecular weight excluding hydrogens is 376 g/mol. The van der Waals surface area contributed by atoms with Gasteiger partial charge in [0.05, 0.1) is 10.7 Å². The van der Waals surface area contributed by atoms with Gasteiger partial charge < -0.3 is 10.5 Å². The van der Waals surface area contributed by atoms with Gasteiger partial charge in [0.15, 0.2) is 11.6 Å². The van der Waals surface area contributed by atoms with Crippen molar-refractivity contribution in [2.24, 2.45) is 0 Å². The molecule has 0 saturated carbocycles. The van der Waals surface area contributed by atoms with Gasteiger partial charge in [-0.1, -0.05) is 15.9 Å². The van der Waals surface area contributed by atoms with E-state index in [0.29, 0.717) is 8.95 Å². The first-order valence-electron chi connectivity index (χ1n) is 4.58. The average molecular weight is 381 g/mol. The molecule has 1 heterocycles. The maximum absolute atomic E-state index is 13.5. The molecule has 0 aliphatic carbocycles. The van der Waals surface area contributed by atoms with Crippen LogP contribution in [0.2, 0.25) is 0 Å². The molecular formula is C10H5Br2F2N3O. The number of rotatable bonds is 2. The molecule has 0 atom stereocenters. The molecule has 0 radical (unpaired) electrons. The monoisotopic (exact) mass is 379 g/mol. The summed E-state index contributed by atoms with van der Waals surface area (Å²) in [6.07, 6.45) is 1.35. The van der Waals surface area contributed by atoms with Crippen LogP contribution in [0.5, 0.6) is 11.6 Å². The second-order valence-electron chi connectivity index (χ2n) is 3.18. The minimum Gasteiger partial charge on any atom is -0.434 e. The summed E-state index contributed by atoms with van der Waals surface area (Å²) in [5.41, 5.74) is 5.38. The van der Waals surface area contributed by atoms with Crippen LogP contribution < -0.4 is 10.5 Å². The van der Waals surface area contributed by atoms with Crippen molar-refractivity contribution in [2.45, 2.75) is 0 Å². The molecule has 4 nitrogen and oxygen atoms in total. The molecule has 94 valence electrons. The number of benzene rings is 1. The highest BCUT2D eigenvalue weighted by atomic mass is 79.9. The summed E-state index contributed by atoms with van der Waals surface area (Å²) >= 11 is 6.15. The summed E-state index contributed by atoms with van der Waals surface area (Å²) in [6, 6.07) is 2.27. The van der Waals surface area contributed by atoms with Gasteiger partial charge in [0.25, 0.3) is 0 Å². The molecule has 1 aromatic heterocycles. The van der Waals surface area contributed by atoms with Gasteiger partial charge in [0.2, 0.25) is 17.6 Å². The highest BCUT2D eigenvalue weighted by molar-refractivity contribution is 9.10. The lowest BCUT2D eigenvalue weighted by atomic mass is 10.3. The van der Waals surface area contributed by atoms with E-state index in [1.54, 1.807) is 0 Å². The van der Waals surface area contributed by atoms with E-state index >= 15 is 0 Å². The van der Waals surface area contributed by atoms with Crippen LogP contribution in [0.15, 0.2) is 27.3 Å². The molecule has 2 aromatic rings. The van der Waals surface area contributed by atoms with Gasteiger partial charge in [-0.05, 0) is 28.1 Å². The predicted molar refractivity (Wildman–Crippen MR) is 68.3 cm³/mol. The molecule has 2 N–H and O–H groups in total. The zero-order valence-corrected chi connectivity index (χ0v) is 11.8. The highest BCUT2D eigenvalue weighted by Gasteiger charge is 2.14. The third-order valence-corrected chi connectivity index (χ3v) is 2.90. The van der Waals surface area contributed by atoms with Crippen molar-refractivity contribution in [3.8, 4) is 11.6 Å². The molecule has 0 aliphatic heterocycles. The van der Waals surface area contributed by atoms with E-state index in [1.165, 1.54) is 12.3 Å². The van der Waals surface area contributed by atoms with Crippen LogP contribution in [0.3, 0.4) is 0 Å². The fourth-order valence-electron chi connectivity index (χ4n) is 1.15. The molecule has 0 saturated heterocycles. The first-order valence-corrected chi connectivity index (χ1v) is 6.16. The summed E-state index contributed by atoms with van der Waals surface area (Å²) in [5, 5.41) is 0. The van der Waals surface area contributed by atoms with E-state index in [1.807, 2.05) is 0 Å². The lowest BCUT2D eigenvalue weighted by molar-refractivity contribution is 0.403. The van der Waals surface area contributed by atoms with Crippen LogP contribution in [0.25, 0.3) is 0 Å². The largest absolute Gasteiger partial charge is 0.434 e. The number of nitrogens with zero attached hydrogens (tertiary/aromatic N) is 2. The van der Waals surface area contributed by atoms with Crippen LogP contribution in [0.4, 0.5) is 14.7 Å². The second-order valence-corrected chi connectivity index (χ2v) is 4.95. The number of halogens is 4. The molecule has 8 heteroatoms. The smallest absolute Gasteiger partial charge is 0.238 e. The van der Waals surface area contributed by atoms with Crippen molar-refractivity contribution in [3.63, 3.8) is 0 Å². The van der Waals surface area contributed by atoms with Gasteiger partial charge in [-0.15, -0.1) is 0 Å². The van der Waals surface area contributed by atoms with Crippen LogP contribution >= 0.6 is 31.9 Å². The first-order chi connectivity index (χ1) is 8.47. The molecule has 0 spiro atoms. The molecule has 0 fully saturated rings. The minimum absolute atomic E-state index is 0.00102. The molecule has 1 aromatic carbocycles. The Balaban J connectivity index is 2.43. The Bertz CT molecular complexity index is 610. The maximum Gasteiger partial charge on any atom is 0.238 e. The fraction of sp³-hybridized carbons (Fsp3) is 0. The summed E-state index contributed by atoms with van der Waals surface area (Å²) in [4.78, 5) is 7.46. The van der Waals surface area contributed by atoms with Crippen LogP contribution in [-0.4, -0.2) is 9.97 Å². The standard InChI is InChI=1S/C10H5Br2F2N3O/c11-4-1-6(13)8(14)7(2-4)18-9-5(12)3-16-10(15)17-9/h1-3H,(H2,15,16,17). The zero-order valence-electron chi connectivity index (χ0n) is 8.62. The van der Waals surface area contributed by atoms with Gasteiger partial charge in [-0.25, -0.2) is 9.37 Å². The van der Waals surface area contributed by atoms with Crippen molar-refractivity contribution in [1.82, 2.24) is 9.97 Å². The van der Waals surface area contributed by atoms with Crippen LogP contribution in [0.1, 0.15) is 0 Å². The second kappa shape index (κ2) is 5.15. The highest BCUT2D eigenvalue weighted by Crippen LogP contribution is 2.32. The van der Waals surface area contributed by atoms with E-state index in [0.717, 1.165) is 6.07 Å². The van der Waals surface area contributed by atoms with Crippen molar-refractivity contribution in [3.05, 3.63) is 38.9 Å². The van der Waals surface area contributed by atoms with E-state index in [2.05, 4.69) is 41.8 Å². The molecule has 0 amide bonds.